The molecule has 0 bridgehead atoms. The molecule has 1 aromatic heterocycles. The molecule has 1 N–H and O–H groups in total. The van der Waals surface area contributed by atoms with Crippen molar-refractivity contribution in [3.63, 3.8) is 0 Å². The van der Waals surface area contributed by atoms with Crippen LogP contribution in [0.1, 0.15) is 28.3 Å². The maximum absolute atomic E-state index is 4.46. The SMILES string of the molecule is CNC(c1cc(C)cc(C)c1)c1ccc2cccnc2c1. The number of rotatable bonds is 3. The Morgan fingerprint density at radius 1 is 0.905 bits per heavy atom. The summed E-state index contributed by atoms with van der Waals surface area (Å²) in [6.07, 6.45) is 1.84. The van der Waals surface area contributed by atoms with E-state index in [2.05, 4.69) is 66.6 Å². The second-order valence-corrected chi connectivity index (χ2v) is 5.60. The molecule has 0 spiro atoms. The van der Waals surface area contributed by atoms with Gasteiger partial charge in [-0.3, -0.25) is 4.98 Å². The zero-order valence-electron chi connectivity index (χ0n) is 12.7. The number of benzene rings is 2. The summed E-state index contributed by atoms with van der Waals surface area (Å²) >= 11 is 0. The minimum absolute atomic E-state index is 0.190. The molecule has 21 heavy (non-hydrogen) atoms. The van der Waals surface area contributed by atoms with E-state index < -0.39 is 0 Å². The molecule has 2 aromatic carbocycles. The molecule has 0 aliphatic carbocycles. The maximum Gasteiger partial charge on any atom is 0.0705 e. The molecule has 0 aliphatic rings. The van der Waals surface area contributed by atoms with Gasteiger partial charge in [-0.2, -0.15) is 0 Å². The molecule has 0 amide bonds. The average molecular weight is 276 g/mol. The third kappa shape index (κ3) is 2.81. The van der Waals surface area contributed by atoms with E-state index >= 15 is 0 Å². The van der Waals surface area contributed by atoms with Gasteiger partial charge in [0.25, 0.3) is 0 Å². The molecule has 1 heterocycles. The van der Waals surface area contributed by atoms with Crippen LogP contribution in [0.2, 0.25) is 0 Å². The highest BCUT2D eigenvalue weighted by Crippen LogP contribution is 2.26. The van der Waals surface area contributed by atoms with Crippen LogP contribution in [0.25, 0.3) is 10.9 Å². The fraction of sp³-hybridized carbons (Fsp3) is 0.211. The molecule has 3 rings (SSSR count). The summed E-state index contributed by atoms with van der Waals surface area (Å²) in [6, 6.07) is 17.5. The van der Waals surface area contributed by atoms with Gasteiger partial charge in [0, 0.05) is 11.6 Å². The van der Waals surface area contributed by atoms with E-state index in [1.165, 1.54) is 27.6 Å². The Morgan fingerprint density at radius 2 is 1.67 bits per heavy atom. The lowest BCUT2D eigenvalue weighted by Gasteiger charge is -2.19. The zero-order valence-corrected chi connectivity index (χ0v) is 12.7. The number of nitrogens with zero attached hydrogens (tertiary/aromatic N) is 1. The van der Waals surface area contributed by atoms with Crippen LogP contribution in [0.5, 0.6) is 0 Å². The number of pyridine rings is 1. The Hall–Kier alpha value is -2.19. The maximum atomic E-state index is 4.46. The first-order chi connectivity index (χ1) is 10.2. The summed E-state index contributed by atoms with van der Waals surface area (Å²) in [5.41, 5.74) is 6.17. The van der Waals surface area contributed by atoms with Crippen molar-refractivity contribution in [2.45, 2.75) is 19.9 Å². The van der Waals surface area contributed by atoms with Crippen LogP contribution in [-0.2, 0) is 0 Å². The van der Waals surface area contributed by atoms with Gasteiger partial charge >= 0.3 is 0 Å². The van der Waals surface area contributed by atoms with Gasteiger partial charge in [0.2, 0.25) is 0 Å². The third-order valence-corrected chi connectivity index (χ3v) is 3.83. The van der Waals surface area contributed by atoms with Gasteiger partial charge in [0.1, 0.15) is 0 Å². The Labute approximate surface area is 125 Å². The highest BCUT2D eigenvalue weighted by atomic mass is 14.9. The van der Waals surface area contributed by atoms with Crippen LogP contribution < -0.4 is 5.32 Å². The molecule has 1 unspecified atom stereocenters. The van der Waals surface area contributed by atoms with Crippen molar-refractivity contribution in [3.8, 4) is 0 Å². The van der Waals surface area contributed by atoms with Crippen LogP contribution in [0.4, 0.5) is 0 Å². The monoisotopic (exact) mass is 276 g/mol. The molecular formula is C19H20N2. The van der Waals surface area contributed by atoms with Gasteiger partial charge in [-0.15, -0.1) is 0 Å². The number of aryl methyl sites for hydroxylation is 2. The van der Waals surface area contributed by atoms with Crippen LogP contribution in [0, 0.1) is 13.8 Å². The molecule has 0 aliphatic heterocycles. The summed E-state index contributed by atoms with van der Waals surface area (Å²) in [5, 5.41) is 4.60. The standard InChI is InChI=1S/C19H20N2/c1-13-9-14(2)11-17(10-13)19(20-3)16-7-6-15-5-4-8-21-18(15)12-16/h4-12,19-20H,1-3H3. The summed E-state index contributed by atoms with van der Waals surface area (Å²) in [6.45, 7) is 4.29. The van der Waals surface area contributed by atoms with E-state index in [9.17, 15) is 0 Å². The quantitative estimate of drug-likeness (QED) is 0.777. The predicted octanol–water partition coefficient (Wildman–Crippen LogP) is 4.16. The second kappa shape index (κ2) is 5.66. The number of aromatic nitrogens is 1. The Bertz CT molecular complexity index is 757. The van der Waals surface area contributed by atoms with Crippen molar-refractivity contribution in [2.24, 2.45) is 0 Å². The molecule has 0 radical (unpaired) electrons. The summed E-state index contributed by atoms with van der Waals surface area (Å²) < 4.78 is 0. The number of fused-ring (bicyclic) bond motifs is 1. The van der Waals surface area contributed by atoms with Crippen molar-refractivity contribution >= 4 is 10.9 Å². The predicted molar refractivity (Wildman–Crippen MR) is 88.6 cm³/mol. The van der Waals surface area contributed by atoms with Crippen molar-refractivity contribution in [3.05, 3.63) is 77.0 Å². The van der Waals surface area contributed by atoms with Crippen molar-refractivity contribution in [1.82, 2.24) is 10.3 Å². The topological polar surface area (TPSA) is 24.9 Å². The lowest BCUT2D eigenvalue weighted by Crippen LogP contribution is -2.18. The summed E-state index contributed by atoms with van der Waals surface area (Å²) in [4.78, 5) is 4.46. The van der Waals surface area contributed by atoms with E-state index in [1.54, 1.807) is 0 Å². The first-order valence-electron chi connectivity index (χ1n) is 7.27. The Balaban J connectivity index is 2.08. The largest absolute Gasteiger partial charge is 0.309 e. The van der Waals surface area contributed by atoms with E-state index in [1.807, 2.05) is 19.3 Å². The van der Waals surface area contributed by atoms with Crippen molar-refractivity contribution < 1.29 is 0 Å². The third-order valence-electron chi connectivity index (χ3n) is 3.83. The molecule has 2 heteroatoms. The Morgan fingerprint density at radius 3 is 2.38 bits per heavy atom. The molecule has 0 saturated carbocycles. The van der Waals surface area contributed by atoms with E-state index in [0.29, 0.717) is 0 Å². The fourth-order valence-corrected chi connectivity index (χ4v) is 2.97. The van der Waals surface area contributed by atoms with Crippen LogP contribution >= 0.6 is 0 Å². The molecule has 0 saturated heterocycles. The summed E-state index contributed by atoms with van der Waals surface area (Å²) in [5.74, 6) is 0. The Kier molecular flexibility index (Phi) is 3.72. The lowest BCUT2D eigenvalue weighted by molar-refractivity contribution is 0.691. The van der Waals surface area contributed by atoms with Gasteiger partial charge in [-0.05, 0) is 44.2 Å². The van der Waals surface area contributed by atoms with Crippen LogP contribution in [0.3, 0.4) is 0 Å². The van der Waals surface area contributed by atoms with Crippen LogP contribution in [0.15, 0.2) is 54.7 Å². The second-order valence-electron chi connectivity index (χ2n) is 5.60. The summed E-state index contributed by atoms with van der Waals surface area (Å²) in [7, 11) is 2.00. The first kappa shape index (κ1) is 13.8. The van der Waals surface area contributed by atoms with Gasteiger partial charge in [0.15, 0.2) is 0 Å². The molecule has 3 aromatic rings. The molecule has 106 valence electrons. The molecular weight excluding hydrogens is 256 g/mol. The highest BCUT2D eigenvalue weighted by molar-refractivity contribution is 5.79. The van der Waals surface area contributed by atoms with Crippen LogP contribution in [-0.4, -0.2) is 12.0 Å². The van der Waals surface area contributed by atoms with Gasteiger partial charge in [0.05, 0.1) is 11.6 Å². The first-order valence-corrected chi connectivity index (χ1v) is 7.27. The smallest absolute Gasteiger partial charge is 0.0705 e. The van der Waals surface area contributed by atoms with Crippen molar-refractivity contribution in [1.29, 1.82) is 0 Å². The van der Waals surface area contributed by atoms with E-state index in [-0.39, 0.29) is 6.04 Å². The number of hydrogen-bond donors (Lipinski definition) is 1. The lowest BCUT2D eigenvalue weighted by atomic mass is 9.95. The minimum atomic E-state index is 0.190. The molecule has 2 nitrogen and oxygen atoms in total. The minimum Gasteiger partial charge on any atom is -0.309 e. The van der Waals surface area contributed by atoms with E-state index in [0.717, 1.165) is 5.52 Å². The normalized spacial score (nSPS) is 12.5. The zero-order chi connectivity index (χ0) is 14.8. The fourth-order valence-electron chi connectivity index (χ4n) is 2.97. The van der Waals surface area contributed by atoms with Gasteiger partial charge in [-0.1, -0.05) is 47.5 Å². The molecule has 0 fully saturated rings. The molecule has 1 atom stereocenters. The highest BCUT2D eigenvalue weighted by Gasteiger charge is 2.13. The van der Waals surface area contributed by atoms with Gasteiger partial charge < -0.3 is 5.32 Å². The van der Waals surface area contributed by atoms with Gasteiger partial charge in [-0.25, -0.2) is 0 Å². The number of hydrogen-bond acceptors (Lipinski definition) is 2. The number of nitrogens with one attached hydrogen (secondary N) is 1. The van der Waals surface area contributed by atoms with E-state index in [4.69, 9.17) is 0 Å². The van der Waals surface area contributed by atoms with Crippen molar-refractivity contribution in [2.75, 3.05) is 7.05 Å². The average Bonchev–Trinajstić information content (AvgIpc) is 2.47.